The van der Waals surface area contributed by atoms with Gasteiger partial charge in [0.25, 0.3) is 0 Å². The number of benzene rings is 2. The minimum absolute atomic E-state index is 0.0700. The molecule has 2 aromatic rings. The fourth-order valence-electron chi connectivity index (χ4n) is 2.26. The van der Waals surface area contributed by atoms with Crippen molar-refractivity contribution in [1.29, 1.82) is 0 Å². The largest absolute Gasteiger partial charge is 0.488 e. The SMILES string of the molecule is CCC(O)OCC(C)OCC(C)Oc1cccc2ccccc12. The lowest BCUT2D eigenvalue weighted by Crippen LogP contribution is -2.26. The van der Waals surface area contributed by atoms with Crippen molar-refractivity contribution in [2.75, 3.05) is 13.2 Å². The highest BCUT2D eigenvalue weighted by molar-refractivity contribution is 5.88. The molecular formula is C19H26O4. The van der Waals surface area contributed by atoms with Crippen LogP contribution in [0.2, 0.25) is 0 Å². The molecule has 3 unspecified atom stereocenters. The van der Waals surface area contributed by atoms with Gasteiger partial charge >= 0.3 is 0 Å². The molecule has 0 aliphatic heterocycles. The zero-order valence-electron chi connectivity index (χ0n) is 14.1. The molecule has 3 atom stereocenters. The zero-order chi connectivity index (χ0) is 16.7. The molecule has 23 heavy (non-hydrogen) atoms. The first kappa shape index (κ1) is 17.7. The van der Waals surface area contributed by atoms with Gasteiger partial charge in [0.15, 0.2) is 6.29 Å². The number of hydrogen-bond acceptors (Lipinski definition) is 4. The molecule has 4 heteroatoms. The molecule has 2 rings (SSSR count). The van der Waals surface area contributed by atoms with Crippen molar-refractivity contribution in [2.24, 2.45) is 0 Å². The van der Waals surface area contributed by atoms with Gasteiger partial charge in [-0.1, -0.05) is 43.3 Å². The highest BCUT2D eigenvalue weighted by Gasteiger charge is 2.11. The molecule has 0 saturated carbocycles. The van der Waals surface area contributed by atoms with Gasteiger partial charge in [-0.15, -0.1) is 0 Å². The van der Waals surface area contributed by atoms with Crippen molar-refractivity contribution in [3.05, 3.63) is 42.5 Å². The van der Waals surface area contributed by atoms with E-state index in [1.165, 1.54) is 0 Å². The van der Waals surface area contributed by atoms with Crippen LogP contribution in [0.3, 0.4) is 0 Å². The monoisotopic (exact) mass is 318 g/mol. The van der Waals surface area contributed by atoms with Gasteiger partial charge in [0.05, 0.1) is 19.3 Å². The van der Waals surface area contributed by atoms with Gasteiger partial charge in [-0.2, -0.15) is 0 Å². The predicted octanol–water partition coefficient (Wildman–Crippen LogP) is 3.76. The van der Waals surface area contributed by atoms with E-state index in [1.54, 1.807) is 0 Å². The molecule has 4 nitrogen and oxygen atoms in total. The van der Waals surface area contributed by atoms with Gasteiger partial charge in [0.2, 0.25) is 0 Å². The molecule has 0 bridgehead atoms. The third-order valence-corrected chi connectivity index (χ3v) is 3.57. The lowest BCUT2D eigenvalue weighted by Gasteiger charge is -2.20. The minimum Gasteiger partial charge on any atom is -0.488 e. The third-order valence-electron chi connectivity index (χ3n) is 3.57. The number of aliphatic hydroxyl groups is 1. The van der Waals surface area contributed by atoms with Crippen LogP contribution in [0.4, 0.5) is 0 Å². The first-order valence-electron chi connectivity index (χ1n) is 8.15. The second kappa shape index (κ2) is 8.87. The predicted molar refractivity (Wildman–Crippen MR) is 91.7 cm³/mol. The summed E-state index contributed by atoms with van der Waals surface area (Å²) in [7, 11) is 0. The summed E-state index contributed by atoms with van der Waals surface area (Å²) in [5.74, 6) is 0.865. The number of ether oxygens (including phenoxy) is 3. The van der Waals surface area contributed by atoms with Crippen LogP contribution in [-0.2, 0) is 9.47 Å². The maximum atomic E-state index is 9.38. The third kappa shape index (κ3) is 5.50. The standard InChI is InChI=1S/C19H26O4/c1-4-19(20)22-12-14(2)21-13-15(3)23-18-11-7-9-16-8-5-6-10-17(16)18/h5-11,14-15,19-20H,4,12-13H2,1-3H3. The Balaban J connectivity index is 1.83. The Hall–Kier alpha value is -1.62. The maximum absolute atomic E-state index is 9.38. The molecule has 1 N–H and O–H groups in total. The van der Waals surface area contributed by atoms with E-state index >= 15 is 0 Å². The average molecular weight is 318 g/mol. The molecule has 0 aliphatic rings. The molecule has 126 valence electrons. The molecule has 0 saturated heterocycles. The molecule has 0 fully saturated rings. The van der Waals surface area contributed by atoms with Crippen molar-refractivity contribution in [1.82, 2.24) is 0 Å². The normalized spacial score (nSPS) is 15.3. The van der Waals surface area contributed by atoms with Gasteiger partial charge in [-0.3, -0.25) is 0 Å². The molecule has 0 aromatic heterocycles. The van der Waals surface area contributed by atoms with E-state index in [2.05, 4.69) is 18.2 Å². The highest BCUT2D eigenvalue weighted by Crippen LogP contribution is 2.26. The van der Waals surface area contributed by atoms with Gasteiger partial charge < -0.3 is 19.3 Å². The van der Waals surface area contributed by atoms with E-state index in [4.69, 9.17) is 14.2 Å². The van der Waals surface area contributed by atoms with Crippen LogP contribution in [0.15, 0.2) is 42.5 Å². The first-order valence-corrected chi connectivity index (χ1v) is 8.15. The summed E-state index contributed by atoms with van der Waals surface area (Å²) >= 11 is 0. The minimum atomic E-state index is -0.717. The number of aliphatic hydroxyl groups excluding tert-OH is 1. The van der Waals surface area contributed by atoms with Gasteiger partial charge in [0.1, 0.15) is 11.9 Å². The molecular weight excluding hydrogens is 292 g/mol. The lowest BCUT2D eigenvalue weighted by atomic mass is 10.1. The summed E-state index contributed by atoms with van der Waals surface area (Å²) in [6.07, 6.45) is -0.299. The Labute approximate surface area is 138 Å². The van der Waals surface area contributed by atoms with Crippen molar-refractivity contribution in [2.45, 2.75) is 45.7 Å². The summed E-state index contributed by atoms with van der Waals surface area (Å²) in [5.41, 5.74) is 0. The Bertz CT molecular complexity index is 593. The van der Waals surface area contributed by atoms with Crippen molar-refractivity contribution >= 4 is 10.8 Å². The molecule has 0 aliphatic carbocycles. The topological polar surface area (TPSA) is 47.9 Å². The van der Waals surface area contributed by atoms with E-state index in [1.807, 2.05) is 45.0 Å². The number of fused-ring (bicyclic) bond motifs is 1. The quantitative estimate of drug-likeness (QED) is 0.715. The molecule has 0 spiro atoms. The number of hydrogen-bond donors (Lipinski definition) is 1. The summed E-state index contributed by atoms with van der Waals surface area (Å²) < 4.78 is 17.0. The zero-order valence-corrected chi connectivity index (χ0v) is 14.1. The van der Waals surface area contributed by atoms with Crippen LogP contribution in [0, 0.1) is 0 Å². The van der Waals surface area contributed by atoms with E-state index in [9.17, 15) is 5.11 Å². The van der Waals surface area contributed by atoms with Gasteiger partial charge in [-0.05, 0) is 31.7 Å². The van der Waals surface area contributed by atoms with Crippen LogP contribution in [0.1, 0.15) is 27.2 Å². The van der Waals surface area contributed by atoms with Crippen LogP contribution >= 0.6 is 0 Å². The molecule has 0 radical (unpaired) electrons. The highest BCUT2D eigenvalue weighted by atomic mass is 16.6. The average Bonchev–Trinajstić information content (AvgIpc) is 2.58. The summed E-state index contributed by atoms with van der Waals surface area (Å²) in [5, 5.41) is 11.6. The smallest absolute Gasteiger partial charge is 0.154 e. The summed E-state index contributed by atoms with van der Waals surface area (Å²) in [4.78, 5) is 0. The second-order valence-electron chi connectivity index (χ2n) is 5.75. The Morgan fingerprint density at radius 1 is 0.913 bits per heavy atom. The maximum Gasteiger partial charge on any atom is 0.154 e. The second-order valence-corrected chi connectivity index (χ2v) is 5.75. The lowest BCUT2D eigenvalue weighted by molar-refractivity contribution is -0.132. The Kier molecular flexibility index (Phi) is 6.84. The van der Waals surface area contributed by atoms with Crippen molar-refractivity contribution in [3.8, 4) is 5.75 Å². The van der Waals surface area contributed by atoms with Gasteiger partial charge in [0, 0.05) is 5.39 Å². The Morgan fingerprint density at radius 3 is 2.39 bits per heavy atom. The molecule has 2 aromatic carbocycles. The van der Waals surface area contributed by atoms with Crippen molar-refractivity contribution < 1.29 is 19.3 Å². The Morgan fingerprint density at radius 2 is 1.61 bits per heavy atom. The summed E-state index contributed by atoms with van der Waals surface area (Å²) in [6.45, 7) is 6.62. The van der Waals surface area contributed by atoms with E-state index in [0.29, 0.717) is 19.6 Å². The first-order chi connectivity index (χ1) is 11.1. The van der Waals surface area contributed by atoms with Crippen LogP contribution in [0.5, 0.6) is 5.75 Å². The molecule has 0 amide bonds. The van der Waals surface area contributed by atoms with Gasteiger partial charge in [-0.25, -0.2) is 0 Å². The van der Waals surface area contributed by atoms with Crippen molar-refractivity contribution in [3.63, 3.8) is 0 Å². The van der Waals surface area contributed by atoms with Crippen LogP contribution in [0.25, 0.3) is 10.8 Å². The van der Waals surface area contributed by atoms with Crippen LogP contribution < -0.4 is 4.74 Å². The fraction of sp³-hybridized carbons (Fsp3) is 0.474. The number of rotatable bonds is 9. The fourth-order valence-corrected chi connectivity index (χ4v) is 2.26. The van der Waals surface area contributed by atoms with E-state index in [0.717, 1.165) is 16.5 Å². The van der Waals surface area contributed by atoms with E-state index < -0.39 is 6.29 Å². The van der Waals surface area contributed by atoms with E-state index in [-0.39, 0.29) is 12.2 Å². The summed E-state index contributed by atoms with van der Waals surface area (Å²) in [6, 6.07) is 14.2. The van der Waals surface area contributed by atoms with Crippen LogP contribution in [-0.4, -0.2) is 36.8 Å². The molecule has 0 heterocycles.